The Kier molecular flexibility index (Phi) is 15.7. The maximum Gasteiger partial charge on any atom is 0.305 e. The molecule has 1 aromatic carbocycles. The fourth-order valence-electron chi connectivity index (χ4n) is 4.93. The van der Waals surface area contributed by atoms with Crippen LogP contribution < -0.4 is 0 Å². The third-order valence-electron chi connectivity index (χ3n) is 7.49. The third-order valence-corrected chi connectivity index (χ3v) is 7.49. The lowest BCUT2D eigenvalue weighted by Crippen LogP contribution is -2.33. The molecule has 0 aliphatic carbocycles. The van der Waals surface area contributed by atoms with Crippen molar-refractivity contribution in [3.8, 4) is 0 Å². The number of esters is 1. The molecule has 1 aromatic heterocycles. The normalized spacial score (nSPS) is 12.9. The van der Waals surface area contributed by atoms with E-state index < -0.39 is 5.60 Å². The molecule has 0 bridgehead atoms. The van der Waals surface area contributed by atoms with Crippen LogP contribution in [0.5, 0.6) is 0 Å². The SMILES string of the molecule is CCCCCC=CCC=CCCCCCCCC(=O)OCC(c1c[nH]c2ccc(CC=C(C)C)cc12)C(C)(C)O. The van der Waals surface area contributed by atoms with Crippen molar-refractivity contribution < 1.29 is 14.6 Å². The van der Waals surface area contributed by atoms with E-state index in [0.29, 0.717) is 6.42 Å². The van der Waals surface area contributed by atoms with Crippen molar-refractivity contribution >= 4 is 16.9 Å². The molecule has 0 radical (unpaired) electrons. The number of rotatable bonds is 20. The minimum Gasteiger partial charge on any atom is -0.465 e. The molecule has 1 atom stereocenters. The zero-order chi connectivity index (χ0) is 29.2. The topological polar surface area (TPSA) is 62.3 Å². The number of ether oxygens (including phenoxy) is 1. The second-order valence-electron chi connectivity index (χ2n) is 12.0. The van der Waals surface area contributed by atoms with Crippen LogP contribution in [0.3, 0.4) is 0 Å². The molecule has 2 rings (SSSR count). The first-order valence-electron chi connectivity index (χ1n) is 15.6. The molecule has 40 heavy (non-hydrogen) atoms. The lowest BCUT2D eigenvalue weighted by atomic mass is 9.85. The van der Waals surface area contributed by atoms with Gasteiger partial charge in [-0.3, -0.25) is 4.79 Å². The number of aliphatic hydroxyl groups is 1. The Bertz CT molecular complexity index is 1080. The molecule has 1 unspecified atom stereocenters. The lowest BCUT2D eigenvalue weighted by Gasteiger charge is -2.29. The van der Waals surface area contributed by atoms with Gasteiger partial charge in [-0.25, -0.2) is 0 Å². The zero-order valence-corrected chi connectivity index (χ0v) is 25.9. The van der Waals surface area contributed by atoms with Gasteiger partial charge in [0.1, 0.15) is 6.61 Å². The van der Waals surface area contributed by atoms with Crippen molar-refractivity contribution in [1.82, 2.24) is 4.98 Å². The highest BCUT2D eigenvalue weighted by molar-refractivity contribution is 5.84. The van der Waals surface area contributed by atoms with Gasteiger partial charge in [0.25, 0.3) is 0 Å². The molecule has 0 saturated carbocycles. The second-order valence-corrected chi connectivity index (χ2v) is 12.0. The van der Waals surface area contributed by atoms with Crippen LogP contribution in [0.15, 0.2) is 60.3 Å². The number of aromatic amines is 1. The number of carbonyl (C=O) groups is 1. The van der Waals surface area contributed by atoms with Crippen LogP contribution in [0.25, 0.3) is 10.9 Å². The van der Waals surface area contributed by atoms with Gasteiger partial charge in [-0.1, -0.05) is 81.0 Å². The summed E-state index contributed by atoms with van der Waals surface area (Å²) in [5.74, 6) is -0.488. The number of allylic oxidation sites excluding steroid dienone is 6. The van der Waals surface area contributed by atoms with E-state index in [1.807, 2.05) is 6.20 Å². The van der Waals surface area contributed by atoms with E-state index in [1.165, 1.54) is 49.7 Å². The first kappa shape index (κ1) is 33.6. The summed E-state index contributed by atoms with van der Waals surface area (Å²) in [6.45, 7) is 10.2. The van der Waals surface area contributed by atoms with Crippen molar-refractivity contribution in [2.45, 2.75) is 130 Å². The molecule has 222 valence electrons. The Balaban J connectivity index is 1.70. The summed E-state index contributed by atoms with van der Waals surface area (Å²) in [4.78, 5) is 15.8. The average Bonchev–Trinajstić information content (AvgIpc) is 3.32. The molecule has 2 N–H and O–H groups in total. The van der Waals surface area contributed by atoms with Gasteiger partial charge in [-0.05, 0) is 95.9 Å². The largest absolute Gasteiger partial charge is 0.465 e. The van der Waals surface area contributed by atoms with Crippen LogP contribution in [-0.2, 0) is 16.0 Å². The molecule has 0 aliphatic rings. The van der Waals surface area contributed by atoms with Gasteiger partial charge in [-0.2, -0.15) is 0 Å². The van der Waals surface area contributed by atoms with Gasteiger partial charge >= 0.3 is 5.97 Å². The van der Waals surface area contributed by atoms with E-state index in [2.05, 4.69) is 74.3 Å². The quantitative estimate of drug-likeness (QED) is 0.0981. The smallest absolute Gasteiger partial charge is 0.305 e. The number of benzene rings is 1. The fourth-order valence-corrected chi connectivity index (χ4v) is 4.93. The predicted molar refractivity (Wildman–Crippen MR) is 171 cm³/mol. The number of aromatic nitrogens is 1. The van der Waals surface area contributed by atoms with Gasteiger partial charge in [0, 0.05) is 29.4 Å². The summed E-state index contributed by atoms with van der Waals surface area (Å²) in [5, 5.41) is 12.0. The summed E-state index contributed by atoms with van der Waals surface area (Å²) >= 11 is 0. The summed E-state index contributed by atoms with van der Waals surface area (Å²) in [7, 11) is 0. The van der Waals surface area contributed by atoms with Gasteiger partial charge in [0.05, 0.1) is 5.60 Å². The van der Waals surface area contributed by atoms with E-state index in [9.17, 15) is 9.90 Å². The van der Waals surface area contributed by atoms with Crippen molar-refractivity contribution in [2.24, 2.45) is 0 Å². The van der Waals surface area contributed by atoms with Crippen molar-refractivity contribution in [2.75, 3.05) is 6.61 Å². The predicted octanol–water partition coefficient (Wildman–Crippen LogP) is 9.89. The molecule has 0 spiro atoms. The first-order chi connectivity index (χ1) is 19.2. The van der Waals surface area contributed by atoms with E-state index >= 15 is 0 Å². The van der Waals surface area contributed by atoms with Crippen LogP contribution in [-0.4, -0.2) is 28.3 Å². The van der Waals surface area contributed by atoms with Crippen molar-refractivity contribution in [3.63, 3.8) is 0 Å². The summed E-state index contributed by atoms with van der Waals surface area (Å²) in [5.41, 5.74) is 3.51. The Morgan fingerprint density at radius 1 is 0.975 bits per heavy atom. The van der Waals surface area contributed by atoms with Gasteiger partial charge < -0.3 is 14.8 Å². The number of unbranched alkanes of at least 4 members (excludes halogenated alkanes) is 8. The highest BCUT2D eigenvalue weighted by atomic mass is 16.5. The van der Waals surface area contributed by atoms with Crippen LogP contribution in [0.4, 0.5) is 0 Å². The number of H-pyrrole nitrogens is 1. The standard InChI is InChI=1S/C36H55NO3/c1-6-7-8-9-10-11-12-13-14-15-16-17-18-19-20-21-35(38)40-28-33(36(4,5)39)32-27-37-34-25-24-30(26-31(32)34)23-22-29(2)3/h10-11,13-14,22,24-27,33,37,39H,6-9,12,15-21,23,28H2,1-5H3. The highest BCUT2D eigenvalue weighted by Crippen LogP contribution is 2.34. The Morgan fingerprint density at radius 3 is 2.33 bits per heavy atom. The van der Waals surface area contributed by atoms with Crippen LogP contribution in [0.2, 0.25) is 0 Å². The number of hydrogen-bond acceptors (Lipinski definition) is 3. The van der Waals surface area contributed by atoms with Gasteiger partial charge in [-0.15, -0.1) is 0 Å². The van der Waals surface area contributed by atoms with Gasteiger partial charge in [0.15, 0.2) is 0 Å². The monoisotopic (exact) mass is 549 g/mol. The van der Waals surface area contributed by atoms with Gasteiger partial charge in [0.2, 0.25) is 0 Å². The fraction of sp³-hybridized carbons (Fsp3) is 0.583. The number of nitrogens with one attached hydrogen (secondary N) is 1. The highest BCUT2D eigenvalue weighted by Gasteiger charge is 2.31. The number of fused-ring (bicyclic) bond motifs is 1. The first-order valence-corrected chi connectivity index (χ1v) is 15.6. The molecule has 0 saturated heterocycles. The molecule has 4 heteroatoms. The summed E-state index contributed by atoms with van der Waals surface area (Å²) < 4.78 is 5.69. The number of hydrogen-bond donors (Lipinski definition) is 2. The van der Waals surface area contributed by atoms with E-state index in [-0.39, 0.29) is 18.5 Å². The van der Waals surface area contributed by atoms with Crippen molar-refractivity contribution in [3.05, 3.63) is 71.5 Å². The average molecular weight is 550 g/mol. The van der Waals surface area contributed by atoms with Crippen molar-refractivity contribution in [1.29, 1.82) is 0 Å². The van der Waals surface area contributed by atoms with E-state index in [0.717, 1.165) is 55.0 Å². The molecule has 1 heterocycles. The number of carbonyl (C=O) groups excluding carboxylic acids is 1. The summed E-state index contributed by atoms with van der Waals surface area (Å²) in [6.07, 6.45) is 27.4. The maximum atomic E-state index is 12.5. The molecular formula is C36H55NO3. The van der Waals surface area contributed by atoms with Crippen LogP contribution in [0.1, 0.15) is 129 Å². The Hall–Kier alpha value is -2.59. The lowest BCUT2D eigenvalue weighted by molar-refractivity contribution is -0.145. The molecule has 0 aliphatic heterocycles. The third kappa shape index (κ3) is 13.2. The van der Waals surface area contributed by atoms with Crippen LogP contribution >= 0.6 is 0 Å². The second kappa shape index (κ2) is 18.7. The molecule has 0 amide bonds. The molecule has 2 aromatic rings. The minimum absolute atomic E-state index is 0.174. The summed E-state index contributed by atoms with van der Waals surface area (Å²) in [6, 6.07) is 6.40. The van der Waals surface area contributed by atoms with E-state index in [1.54, 1.807) is 13.8 Å². The molecule has 0 fully saturated rings. The van der Waals surface area contributed by atoms with E-state index in [4.69, 9.17) is 4.74 Å². The Morgan fingerprint density at radius 2 is 1.65 bits per heavy atom. The molecule has 4 nitrogen and oxygen atoms in total. The molecular weight excluding hydrogens is 494 g/mol. The zero-order valence-electron chi connectivity index (χ0n) is 25.9. The minimum atomic E-state index is -1.02. The maximum absolute atomic E-state index is 12.5. The van der Waals surface area contributed by atoms with Crippen LogP contribution in [0, 0.1) is 0 Å². The Labute approximate surface area is 244 Å².